The van der Waals surface area contributed by atoms with E-state index in [0.29, 0.717) is 29.6 Å². The van der Waals surface area contributed by atoms with Crippen LogP contribution in [0.15, 0.2) is 4.99 Å². The Morgan fingerprint density at radius 1 is 1.21 bits per heavy atom. The van der Waals surface area contributed by atoms with Crippen LogP contribution in [0.25, 0.3) is 0 Å². The Bertz CT molecular complexity index is 317. The zero-order chi connectivity index (χ0) is 14.4. The van der Waals surface area contributed by atoms with Crippen LogP contribution in [0.2, 0.25) is 0 Å². The predicted octanol–water partition coefficient (Wildman–Crippen LogP) is 4.67. The van der Waals surface area contributed by atoms with Gasteiger partial charge in [-0.1, -0.05) is 27.2 Å². The van der Waals surface area contributed by atoms with Gasteiger partial charge in [-0.2, -0.15) is 0 Å². The minimum absolute atomic E-state index is 0.372. The fraction of sp³-hybridized carbons (Fsp3) is 0.882. The van der Waals surface area contributed by atoms with Gasteiger partial charge in [0.2, 0.25) is 0 Å². The third-order valence-corrected chi connectivity index (χ3v) is 4.01. The van der Waals surface area contributed by atoms with Crippen molar-refractivity contribution in [2.75, 3.05) is 0 Å². The normalized spacial score (nSPS) is 27.9. The molecular formula is C17H31NO. The lowest BCUT2D eigenvalue weighted by Crippen LogP contribution is -2.26. The molecule has 0 heterocycles. The number of ketones is 1. The van der Waals surface area contributed by atoms with E-state index in [1.165, 1.54) is 12.1 Å². The summed E-state index contributed by atoms with van der Waals surface area (Å²) in [6.07, 6.45) is 5.84. The van der Waals surface area contributed by atoms with Crippen LogP contribution in [0.3, 0.4) is 0 Å². The van der Waals surface area contributed by atoms with Gasteiger partial charge in [0.05, 0.1) is 0 Å². The second-order valence-electron chi connectivity index (χ2n) is 6.80. The average Bonchev–Trinajstić information content (AvgIpc) is 2.29. The van der Waals surface area contributed by atoms with Crippen LogP contribution in [0.4, 0.5) is 0 Å². The first-order valence-electron chi connectivity index (χ1n) is 8.00. The molecule has 1 unspecified atom stereocenters. The molecule has 1 saturated carbocycles. The van der Waals surface area contributed by atoms with Gasteiger partial charge in [-0.25, -0.2) is 0 Å². The highest BCUT2D eigenvalue weighted by Gasteiger charge is 2.26. The SMILES string of the molecule is CC[C@H]1CC(=O)CCC(CC(C)C)/C(=N/C(C)C)C1. The zero-order valence-corrected chi connectivity index (χ0v) is 13.4. The molecule has 0 bridgehead atoms. The number of nitrogens with zero attached hydrogens (tertiary/aromatic N) is 1. The molecular weight excluding hydrogens is 234 g/mol. The lowest BCUT2D eigenvalue weighted by Gasteiger charge is -2.27. The maximum absolute atomic E-state index is 11.9. The molecule has 0 radical (unpaired) electrons. The molecule has 0 aromatic carbocycles. The van der Waals surface area contributed by atoms with Crippen molar-refractivity contribution in [3.63, 3.8) is 0 Å². The maximum atomic E-state index is 11.9. The second kappa shape index (κ2) is 7.81. The van der Waals surface area contributed by atoms with E-state index in [2.05, 4.69) is 34.6 Å². The Morgan fingerprint density at radius 2 is 1.89 bits per heavy atom. The monoisotopic (exact) mass is 265 g/mol. The number of hydrogen-bond donors (Lipinski definition) is 0. The van der Waals surface area contributed by atoms with E-state index in [-0.39, 0.29) is 0 Å². The van der Waals surface area contributed by atoms with Gasteiger partial charge in [0.15, 0.2) is 0 Å². The minimum atomic E-state index is 0.372. The van der Waals surface area contributed by atoms with E-state index in [4.69, 9.17) is 4.99 Å². The summed E-state index contributed by atoms with van der Waals surface area (Å²) < 4.78 is 0. The van der Waals surface area contributed by atoms with Gasteiger partial charge >= 0.3 is 0 Å². The van der Waals surface area contributed by atoms with E-state index < -0.39 is 0 Å². The van der Waals surface area contributed by atoms with Crippen LogP contribution in [0, 0.1) is 17.8 Å². The molecule has 1 rings (SSSR count). The molecule has 1 fully saturated rings. The Kier molecular flexibility index (Phi) is 6.74. The van der Waals surface area contributed by atoms with Crippen molar-refractivity contribution in [3.05, 3.63) is 0 Å². The number of Topliss-reactive ketones (excluding diaryl/α,β-unsaturated/α-hetero) is 1. The fourth-order valence-corrected chi connectivity index (χ4v) is 3.06. The molecule has 0 aromatic rings. The zero-order valence-electron chi connectivity index (χ0n) is 13.4. The highest BCUT2D eigenvalue weighted by molar-refractivity contribution is 5.89. The highest BCUT2D eigenvalue weighted by Crippen LogP contribution is 2.29. The Hall–Kier alpha value is -0.660. The number of carbonyl (C=O) groups is 1. The summed E-state index contributed by atoms with van der Waals surface area (Å²) in [7, 11) is 0. The molecule has 1 aliphatic carbocycles. The van der Waals surface area contributed by atoms with Gasteiger partial charge in [-0.15, -0.1) is 0 Å². The van der Waals surface area contributed by atoms with Crippen molar-refractivity contribution in [1.82, 2.24) is 0 Å². The van der Waals surface area contributed by atoms with E-state index in [1.807, 2.05) is 0 Å². The topological polar surface area (TPSA) is 29.4 Å². The molecule has 0 N–H and O–H groups in total. The standard InChI is InChI=1S/C17H31NO/c1-6-14-10-16(19)8-7-15(9-12(2)3)17(11-14)18-13(4)5/h12-15H,6-11H2,1-5H3/b18-17+/t14-,15?/m0/s1. The molecule has 2 heteroatoms. The van der Waals surface area contributed by atoms with Gasteiger partial charge < -0.3 is 0 Å². The van der Waals surface area contributed by atoms with Crippen molar-refractivity contribution < 1.29 is 4.79 Å². The summed E-state index contributed by atoms with van der Waals surface area (Å²) in [6, 6.07) is 0.372. The number of aliphatic imine (C=N–C) groups is 1. The third kappa shape index (κ3) is 5.88. The first kappa shape index (κ1) is 16.4. The van der Waals surface area contributed by atoms with Crippen molar-refractivity contribution in [3.8, 4) is 0 Å². The molecule has 0 aromatic heterocycles. The quantitative estimate of drug-likeness (QED) is 0.726. The van der Waals surface area contributed by atoms with Crippen LogP contribution in [-0.4, -0.2) is 17.5 Å². The molecule has 0 saturated heterocycles. The molecule has 19 heavy (non-hydrogen) atoms. The van der Waals surface area contributed by atoms with Crippen molar-refractivity contribution >= 4 is 11.5 Å². The molecule has 0 amide bonds. The summed E-state index contributed by atoms with van der Waals surface area (Å²) in [5.74, 6) is 2.18. The smallest absolute Gasteiger partial charge is 0.133 e. The maximum Gasteiger partial charge on any atom is 0.133 e. The lowest BCUT2D eigenvalue weighted by atomic mass is 9.79. The molecule has 110 valence electrons. The van der Waals surface area contributed by atoms with Crippen LogP contribution in [-0.2, 0) is 4.79 Å². The Labute approximate surface area is 119 Å². The van der Waals surface area contributed by atoms with Gasteiger partial charge in [0, 0.05) is 24.6 Å². The fourth-order valence-electron chi connectivity index (χ4n) is 3.06. The predicted molar refractivity (Wildman–Crippen MR) is 82.8 cm³/mol. The van der Waals surface area contributed by atoms with E-state index in [0.717, 1.165) is 32.1 Å². The number of hydrogen-bond acceptors (Lipinski definition) is 2. The van der Waals surface area contributed by atoms with Crippen LogP contribution in [0.1, 0.15) is 73.1 Å². The van der Waals surface area contributed by atoms with E-state index >= 15 is 0 Å². The summed E-state index contributed by atoms with van der Waals surface area (Å²) in [5.41, 5.74) is 1.39. The van der Waals surface area contributed by atoms with Crippen LogP contribution >= 0.6 is 0 Å². The Balaban J connectivity index is 2.90. The molecule has 2 nitrogen and oxygen atoms in total. The third-order valence-electron chi connectivity index (χ3n) is 4.01. The highest BCUT2D eigenvalue weighted by atomic mass is 16.1. The average molecular weight is 265 g/mol. The van der Waals surface area contributed by atoms with Crippen molar-refractivity contribution in [2.24, 2.45) is 22.7 Å². The van der Waals surface area contributed by atoms with Gasteiger partial charge in [0.25, 0.3) is 0 Å². The largest absolute Gasteiger partial charge is 0.300 e. The molecule has 2 atom stereocenters. The van der Waals surface area contributed by atoms with Crippen molar-refractivity contribution in [1.29, 1.82) is 0 Å². The Morgan fingerprint density at radius 3 is 2.42 bits per heavy atom. The summed E-state index contributed by atoms with van der Waals surface area (Å²) in [5, 5.41) is 0. The van der Waals surface area contributed by atoms with Crippen LogP contribution < -0.4 is 0 Å². The first-order valence-corrected chi connectivity index (χ1v) is 8.00. The van der Waals surface area contributed by atoms with E-state index in [1.54, 1.807) is 0 Å². The lowest BCUT2D eigenvalue weighted by molar-refractivity contribution is -0.120. The second-order valence-corrected chi connectivity index (χ2v) is 6.80. The first-order chi connectivity index (χ1) is 8.92. The minimum Gasteiger partial charge on any atom is -0.300 e. The summed E-state index contributed by atoms with van der Waals surface area (Å²) >= 11 is 0. The number of carbonyl (C=O) groups excluding carboxylic acids is 1. The molecule has 0 spiro atoms. The van der Waals surface area contributed by atoms with Gasteiger partial charge in [-0.3, -0.25) is 9.79 Å². The van der Waals surface area contributed by atoms with E-state index in [9.17, 15) is 4.79 Å². The number of rotatable bonds is 4. The van der Waals surface area contributed by atoms with Crippen molar-refractivity contribution in [2.45, 2.75) is 79.2 Å². The molecule has 1 aliphatic rings. The summed E-state index contributed by atoms with van der Waals surface area (Å²) in [4.78, 5) is 16.8. The van der Waals surface area contributed by atoms with Crippen LogP contribution in [0.5, 0.6) is 0 Å². The molecule has 0 aliphatic heterocycles. The summed E-state index contributed by atoms with van der Waals surface area (Å²) in [6.45, 7) is 11.0. The van der Waals surface area contributed by atoms with Gasteiger partial charge in [0.1, 0.15) is 5.78 Å². The van der Waals surface area contributed by atoms with Gasteiger partial charge in [-0.05, 0) is 50.9 Å².